The van der Waals surface area contributed by atoms with Crippen LogP contribution < -0.4 is 5.73 Å². The van der Waals surface area contributed by atoms with Crippen molar-refractivity contribution in [2.24, 2.45) is 11.7 Å². The largest absolute Gasteiger partial charge is 0.387 e. The number of hydrogen-bond donors (Lipinski definition) is 2. The highest BCUT2D eigenvalue weighted by atomic mass is 16.3. The molecule has 0 heterocycles. The molecule has 0 aliphatic rings. The first-order valence-electron chi connectivity index (χ1n) is 5.86. The summed E-state index contributed by atoms with van der Waals surface area (Å²) in [5.74, 6) is 0.273. The molecular formula is C14H23NO. The van der Waals surface area contributed by atoms with Crippen molar-refractivity contribution in [3.05, 3.63) is 34.4 Å². The maximum atomic E-state index is 10.3. The van der Waals surface area contributed by atoms with E-state index in [2.05, 4.69) is 19.1 Å². The molecule has 0 aromatic heterocycles. The third-order valence-corrected chi connectivity index (χ3v) is 3.17. The van der Waals surface area contributed by atoms with Gasteiger partial charge in [-0.05, 0) is 43.4 Å². The summed E-state index contributed by atoms with van der Waals surface area (Å²) < 4.78 is 0. The van der Waals surface area contributed by atoms with E-state index in [-0.39, 0.29) is 12.0 Å². The van der Waals surface area contributed by atoms with Gasteiger partial charge in [-0.15, -0.1) is 0 Å². The zero-order valence-electron chi connectivity index (χ0n) is 10.9. The summed E-state index contributed by atoms with van der Waals surface area (Å²) >= 11 is 0. The zero-order valence-corrected chi connectivity index (χ0v) is 10.9. The molecule has 2 heteroatoms. The highest BCUT2D eigenvalue weighted by molar-refractivity contribution is 5.39. The van der Waals surface area contributed by atoms with Gasteiger partial charge >= 0.3 is 0 Å². The van der Waals surface area contributed by atoms with Crippen LogP contribution in [0.15, 0.2) is 12.1 Å². The fourth-order valence-electron chi connectivity index (χ4n) is 2.21. The Morgan fingerprint density at radius 3 is 1.88 bits per heavy atom. The second-order valence-corrected chi connectivity index (χ2v) is 5.08. The number of nitrogens with two attached hydrogens (primary N) is 1. The number of benzene rings is 1. The molecule has 2 unspecified atom stereocenters. The third-order valence-electron chi connectivity index (χ3n) is 3.17. The third kappa shape index (κ3) is 2.63. The molecule has 90 valence electrons. The lowest BCUT2D eigenvalue weighted by molar-refractivity contribution is 0.124. The molecule has 3 N–H and O–H groups in total. The fraction of sp³-hybridized carbons (Fsp3) is 0.571. The molecule has 0 bridgehead atoms. The molecule has 2 atom stereocenters. The summed E-state index contributed by atoms with van der Waals surface area (Å²) in [6.07, 6.45) is -0.569. The van der Waals surface area contributed by atoms with Crippen molar-refractivity contribution >= 4 is 0 Å². The van der Waals surface area contributed by atoms with E-state index in [1.807, 2.05) is 27.7 Å². The van der Waals surface area contributed by atoms with Crippen molar-refractivity contribution < 1.29 is 5.11 Å². The molecule has 0 radical (unpaired) electrons. The average molecular weight is 221 g/mol. The normalized spacial score (nSPS) is 15.2. The molecule has 0 aliphatic carbocycles. The standard InChI is InChI=1S/C14H23NO/c1-8(2)13(15)14(16)12-10(4)6-9(3)7-11(12)5/h6-8,13-14,16H,15H2,1-5H3. The van der Waals surface area contributed by atoms with Crippen molar-refractivity contribution in [2.75, 3.05) is 0 Å². The van der Waals surface area contributed by atoms with Crippen LogP contribution in [-0.2, 0) is 0 Å². The van der Waals surface area contributed by atoms with Crippen molar-refractivity contribution in [1.82, 2.24) is 0 Å². The first-order chi connectivity index (χ1) is 7.34. The Morgan fingerprint density at radius 1 is 1.06 bits per heavy atom. The number of hydrogen-bond acceptors (Lipinski definition) is 2. The predicted molar refractivity (Wildman–Crippen MR) is 68.4 cm³/mol. The van der Waals surface area contributed by atoms with Crippen molar-refractivity contribution in [2.45, 2.75) is 46.8 Å². The van der Waals surface area contributed by atoms with Crippen molar-refractivity contribution in [3.8, 4) is 0 Å². The average Bonchev–Trinajstić information content (AvgIpc) is 2.14. The fourth-order valence-corrected chi connectivity index (χ4v) is 2.21. The molecule has 0 aliphatic heterocycles. The monoisotopic (exact) mass is 221 g/mol. The first-order valence-corrected chi connectivity index (χ1v) is 5.86. The van der Waals surface area contributed by atoms with Gasteiger partial charge in [0, 0.05) is 6.04 Å². The predicted octanol–water partition coefficient (Wildman–Crippen LogP) is 2.63. The number of aliphatic hydroxyl groups is 1. The summed E-state index contributed by atoms with van der Waals surface area (Å²) in [4.78, 5) is 0. The zero-order chi connectivity index (χ0) is 12.5. The smallest absolute Gasteiger partial charge is 0.0948 e. The van der Waals surface area contributed by atoms with Gasteiger partial charge in [-0.1, -0.05) is 31.5 Å². The minimum absolute atomic E-state index is 0.208. The van der Waals surface area contributed by atoms with Crippen LogP contribution >= 0.6 is 0 Å². The Hall–Kier alpha value is -0.860. The van der Waals surface area contributed by atoms with Crippen LogP contribution in [0.5, 0.6) is 0 Å². The van der Waals surface area contributed by atoms with Crippen molar-refractivity contribution in [3.63, 3.8) is 0 Å². The lowest BCUT2D eigenvalue weighted by atomic mass is 9.88. The van der Waals surface area contributed by atoms with Crippen LogP contribution in [0.1, 0.15) is 42.2 Å². The molecule has 0 saturated carbocycles. The van der Waals surface area contributed by atoms with Gasteiger partial charge in [0.1, 0.15) is 0 Å². The highest BCUT2D eigenvalue weighted by Gasteiger charge is 2.22. The molecule has 1 rings (SSSR count). The minimum atomic E-state index is -0.569. The van der Waals surface area contributed by atoms with Crippen LogP contribution in [0.2, 0.25) is 0 Å². The van der Waals surface area contributed by atoms with Crippen LogP contribution in [0.25, 0.3) is 0 Å². The van der Waals surface area contributed by atoms with E-state index in [1.54, 1.807) is 0 Å². The van der Waals surface area contributed by atoms with Gasteiger partial charge in [0.15, 0.2) is 0 Å². The van der Waals surface area contributed by atoms with Gasteiger partial charge in [0.05, 0.1) is 6.10 Å². The molecule has 0 amide bonds. The quantitative estimate of drug-likeness (QED) is 0.824. The van der Waals surface area contributed by atoms with Gasteiger partial charge in [-0.3, -0.25) is 0 Å². The summed E-state index contributed by atoms with van der Waals surface area (Å²) in [6.45, 7) is 10.2. The molecular weight excluding hydrogens is 198 g/mol. The summed E-state index contributed by atoms with van der Waals surface area (Å²) in [5.41, 5.74) is 10.5. The number of rotatable bonds is 3. The Kier molecular flexibility index (Phi) is 4.11. The van der Waals surface area contributed by atoms with Crippen molar-refractivity contribution in [1.29, 1.82) is 0 Å². The van der Waals surface area contributed by atoms with Gasteiger partial charge < -0.3 is 10.8 Å². The van der Waals surface area contributed by atoms with E-state index in [9.17, 15) is 5.11 Å². The molecule has 0 fully saturated rings. The van der Waals surface area contributed by atoms with Gasteiger partial charge in [0.2, 0.25) is 0 Å². The Balaban J connectivity index is 3.13. The molecule has 0 saturated heterocycles. The molecule has 16 heavy (non-hydrogen) atoms. The second kappa shape index (κ2) is 4.98. The number of aliphatic hydroxyl groups excluding tert-OH is 1. The van der Waals surface area contributed by atoms with Crippen LogP contribution in [0.4, 0.5) is 0 Å². The summed E-state index contributed by atoms with van der Waals surface area (Å²) in [7, 11) is 0. The molecule has 1 aromatic carbocycles. The van der Waals surface area contributed by atoms with Crippen LogP contribution in [0, 0.1) is 26.7 Å². The van der Waals surface area contributed by atoms with E-state index in [0.717, 1.165) is 16.7 Å². The number of aryl methyl sites for hydroxylation is 3. The van der Waals surface area contributed by atoms with E-state index in [0.29, 0.717) is 0 Å². The van der Waals surface area contributed by atoms with E-state index in [1.165, 1.54) is 5.56 Å². The Labute approximate surface area is 98.5 Å². The second-order valence-electron chi connectivity index (χ2n) is 5.08. The topological polar surface area (TPSA) is 46.2 Å². The van der Waals surface area contributed by atoms with Gasteiger partial charge in [-0.2, -0.15) is 0 Å². The van der Waals surface area contributed by atoms with Crippen LogP contribution in [0.3, 0.4) is 0 Å². The molecule has 1 aromatic rings. The Bertz CT molecular complexity index is 348. The van der Waals surface area contributed by atoms with Gasteiger partial charge in [0.25, 0.3) is 0 Å². The summed E-state index contributed by atoms with van der Waals surface area (Å²) in [5, 5.41) is 10.3. The molecule has 0 spiro atoms. The maximum Gasteiger partial charge on any atom is 0.0948 e. The lowest BCUT2D eigenvalue weighted by Crippen LogP contribution is -2.34. The minimum Gasteiger partial charge on any atom is -0.387 e. The van der Waals surface area contributed by atoms with E-state index < -0.39 is 6.10 Å². The first kappa shape index (κ1) is 13.2. The SMILES string of the molecule is Cc1cc(C)c(C(O)C(N)C(C)C)c(C)c1. The Morgan fingerprint density at radius 2 is 1.50 bits per heavy atom. The lowest BCUT2D eigenvalue weighted by Gasteiger charge is -2.25. The molecule has 2 nitrogen and oxygen atoms in total. The van der Waals surface area contributed by atoms with E-state index in [4.69, 9.17) is 5.73 Å². The van der Waals surface area contributed by atoms with Crippen LogP contribution in [-0.4, -0.2) is 11.1 Å². The maximum absolute atomic E-state index is 10.3. The highest BCUT2D eigenvalue weighted by Crippen LogP contribution is 2.27. The van der Waals surface area contributed by atoms with Gasteiger partial charge in [-0.25, -0.2) is 0 Å². The summed E-state index contributed by atoms with van der Waals surface area (Å²) in [6, 6.07) is 3.98. The van der Waals surface area contributed by atoms with E-state index >= 15 is 0 Å².